The van der Waals surface area contributed by atoms with E-state index in [1.165, 1.54) is 30.0 Å². The number of halogens is 5. The van der Waals surface area contributed by atoms with Gasteiger partial charge in [0.2, 0.25) is 0 Å². The van der Waals surface area contributed by atoms with E-state index >= 15 is 0 Å². The average molecular weight is 421 g/mol. The van der Waals surface area contributed by atoms with Gasteiger partial charge in [-0.1, -0.05) is 29.4 Å². The number of rotatable bonds is 0. The highest BCUT2D eigenvalue weighted by atomic mass is 35.5. The van der Waals surface area contributed by atoms with E-state index < -0.39 is 17.6 Å². The molecule has 0 unspecified atom stereocenters. The van der Waals surface area contributed by atoms with E-state index in [-0.39, 0.29) is 0 Å². The van der Waals surface area contributed by atoms with E-state index in [2.05, 4.69) is 0 Å². The van der Waals surface area contributed by atoms with Gasteiger partial charge in [-0.3, -0.25) is 0 Å². The summed E-state index contributed by atoms with van der Waals surface area (Å²) in [5.41, 5.74) is 1.34. The first-order valence-corrected chi connectivity index (χ1v) is 9.42. The first kappa shape index (κ1) is 17.6. The van der Waals surface area contributed by atoms with E-state index in [4.69, 9.17) is 16.0 Å². The Bertz CT molecular complexity index is 1260. The number of hydrogen-bond donors (Lipinski definition) is 0. The summed E-state index contributed by atoms with van der Waals surface area (Å²) < 4.78 is 59.8. The van der Waals surface area contributed by atoms with Crippen molar-refractivity contribution in [3.8, 4) is 22.5 Å². The predicted octanol–water partition coefficient (Wildman–Crippen LogP) is 8.04. The van der Waals surface area contributed by atoms with Crippen LogP contribution in [0.1, 0.15) is 5.56 Å². The van der Waals surface area contributed by atoms with Gasteiger partial charge in [-0.25, -0.2) is 4.39 Å². The SMILES string of the molecule is Fc1ccc2c(c1)Sc1ccc(C(F)(F)F)cc1-c1oc3ccc(Cl)cc3c1-2. The molecule has 3 aromatic carbocycles. The van der Waals surface area contributed by atoms with Crippen molar-refractivity contribution in [3.05, 3.63) is 71.0 Å². The van der Waals surface area contributed by atoms with Crippen molar-refractivity contribution in [3.63, 3.8) is 0 Å². The van der Waals surface area contributed by atoms with Gasteiger partial charge >= 0.3 is 6.18 Å². The maximum atomic E-state index is 13.9. The van der Waals surface area contributed by atoms with Crippen molar-refractivity contribution in [2.24, 2.45) is 0 Å². The standard InChI is InChI=1S/C21H9ClF4OS/c22-11-2-5-16-14(8-11)19-13-4-3-12(23)9-18(13)28-17-6-1-10(21(24,25)26)7-15(17)20(19)27-16/h1-9H. The molecule has 0 N–H and O–H groups in total. The molecule has 0 spiro atoms. The van der Waals surface area contributed by atoms with Gasteiger partial charge in [-0.15, -0.1) is 0 Å². The number of hydrogen-bond acceptors (Lipinski definition) is 2. The fraction of sp³-hybridized carbons (Fsp3) is 0.0476. The fourth-order valence-electron chi connectivity index (χ4n) is 3.41. The second kappa shape index (κ2) is 6.03. The minimum Gasteiger partial charge on any atom is -0.455 e. The Hall–Kier alpha value is -2.44. The number of alkyl halides is 3. The van der Waals surface area contributed by atoms with Crippen molar-refractivity contribution < 1.29 is 22.0 Å². The molecule has 1 aliphatic rings. The van der Waals surface area contributed by atoms with E-state index in [0.29, 0.717) is 48.2 Å². The second-order valence-electron chi connectivity index (χ2n) is 6.40. The Morgan fingerprint density at radius 2 is 1.68 bits per heavy atom. The summed E-state index contributed by atoms with van der Waals surface area (Å²) in [7, 11) is 0. The van der Waals surface area contributed by atoms with Crippen molar-refractivity contribution in [1.29, 1.82) is 0 Å². The maximum Gasteiger partial charge on any atom is 0.416 e. The van der Waals surface area contributed by atoms with Crippen LogP contribution in [-0.4, -0.2) is 0 Å². The Morgan fingerprint density at radius 1 is 0.857 bits per heavy atom. The molecule has 0 radical (unpaired) electrons. The molecule has 5 rings (SSSR count). The van der Waals surface area contributed by atoms with Crippen LogP contribution in [0.3, 0.4) is 0 Å². The van der Waals surface area contributed by atoms with Gasteiger partial charge in [0, 0.05) is 36.9 Å². The molecule has 4 aromatic rings. The first-order chi connectivity index (χ1) is 13.3. The number of benzene rings is 3. The molecular weight excluding hydrogens is 412 g/mol. The monoisotopic (exact) mass is 420 g/mol. The number of furan rings is 1. The third kappa shape index (κ3) is 2.71. The van der Waals surface area contributed by atoms with Crippen LogP contribution in [0.5, 0.6) is 0 Å². The lowest BCUT2D eigenvalue weighted by Gasteiger charge is -2.11. The average Bonchev–Trinajstić information content (AvgIpc) is 2.93. The van der Waals surface area contributed by atoms with Crippen molar-refractivity contribution in [2.45, 2.75) is 16.0 Å². The van der Waals surface area contributed by atoms with Crippen LogP contribution in [-0.2, 0) is 6.18 Å². The van der Waals surface area contributed by atoms with Gasteiger partial charge in [-0.05, 0) is 48.5 Å². The van der Waals surface area contributed by atoms with Gasteiger partial charge < -0.3 is 4.42 Å². The Kier molecular flexibility index (Phi) is 3.80. The van der Waals surface area contributed by atoms with Crippen molar-refractivity contribution in [2.75, 3.05) is 0 Å². The lowest BCUT2D eigenvalue weighted by atomic mass is 9.97. The first-order valence-electron chi connectivity index (χ1n) is 8.23. The molecule has 1 aliphatic heterocycles. The molecule has 0 amide bonds. The van der Waals surface area contributed by atoms with Crippen molar-refractivity contribution >= 4 is 34.3 Å². The molecule has 28 heavy (non-hydrogen) atoms. The van der Waals surface area contributed by atoms with Gasteiger partial charge in [0.15, 0.2) is 0 Å². The van der Waals surface area contributed by atoms with Gasteiger partial charge in [-0.2, -0.15) is 13.2 Å². The molecule has 1 nitrogen and oxygen atoms in total. The third-order valence-corrected chi connectivity index (χ3v) is 6.00. The minimum absolute atomic E-state index is 0.316. The molecule has 0 fully saturated rings. The number of fused-ring (bicyclic) bond motifs is 7. The zero-order valence-corrected chi connectivity index (χ0v) is 15.5. The van der Waals surface area contributed by atoms with E-state index in [9.17, 15) is 17.6 Å². The summed E-state index contributed by atoms with van der Waals surface area (Å²) in [6, 6.07) is 12.8. The summed E-state index contributed by atoms with van der Waals surface area (Å²) in [5, 5.41) is 1.14. The molecular formula is C21H9ClF4OS. The molecule has 1 aromatic heterocycles. The van der Waals surface area contributed by atoms with Crippen LogP contribution in [0, 0.1) is 5.82 Å². The van der Waals surface area contributed by atoms with Gasteiger partial charge in [0.05, 0.1) is 5.56 Å². The largest absolute Gasteiger partial charge is 0.455 e. The summed E-state index contributed by atoms with van der Waals surface area (Å²) >= 11 is 7.35. The smallest absolute Gasteiger partial charge is 0.416 e. The Balaban J connectivity index is 1.91. The van der Waals surface area contributed by atoms with Crippen LogP contribution in [0.25, 0.3) is 33.4 Å². The molecule has 2 heterocycles. The summed E-state index contributed by atoms with van der Waals surface area (Å²) in [5.74, 6) is -0.106. The van der Waals surface area contributed by atoms with Gasteiger partial charge in [0.1, 0.15) is 17.2 Å². The molecule has 0 atom stereocenters. The minimum atomic E-state index is -4.49. The summed E-state index contributed by atoms with van der Waals surface area (Å²) in [4.78, 5) is 1.16. The normalized spacial score (nSPS) is 13.0. The van der Waals surface area contributed by atoms with Crippen LogP contribution < -0.4 is 0 Å². The predicted molar refractivity (Wildman–Crippen MR) is 101 cm³/mol. The maximum absolute atomic E-state index is 13.9. The lowest BCUT2D eigenvalue weighted by molar-refractivity contribution is -0.137. The summed E-state index contributed by atoms with van der Waals surface area (Å²) in [6.07, 6.45) is -4.49. The second-order valence-corrected chi connectivity index (χ2v) is 7.92. The Labute approximate surface area is 165 Å². The molecule has 0 bridgehead atoms. The highest BCUT2D eigenvalue weighted by Gasteiger charge is 2.33. The Morgan fingerprint density at radius 3 is 2.46 bits per heavy atom. The zero-order chi connectivity index (χ0) is 19.6. The molecule has 140 valence electrons. The lowest BCUT2D eigenvalue weighted by Crippen LogP contribution is -2.04. The summed E-state index contributed by atoms with van der Waals surface area (Å²) in [6.45, 7) is 0. The molecule has 0 aliphatic carbocycles. The van der Waals surface area contributed by atoms with Crippen LogP contribution in [0.2, 0.25) is 5.02 Å². The van der Waals surface area contributed by atoms with E-state index in [1.54, 1.807) is 24.3 Å². The van der Waals surface area contributed by atoms with Crippen LogP contribution in [0.4, 0.5) is 17.6 Å². The van der Waals surface area contributed by atoms with E-state index in [0.717, 1.165) is 12.1 Å². The topological polar surface area (TPSA) is 13.1 Å². The fourth-order valence-corrected chi connectivity index (χ4v) is 4.66. The molecule has 7 heteroatoms. The van der Waals surface area contributed by atoms with Crippen LogP contribution in [0.15, 0.2) is 68.8 Å². The highest BCUT2D eigenvalue weighted by Crippen LogP contribution is 2.52. The molecule has 0 saturated heterocycles. The van der Waals surface area contributed by atoms with Crippen LogP contribution >= 0.6 is 23.4 Å². The molecule has 0 saturated carbocycles. The van der Waals surface area contributed by atoms with Crippen molar-refractivity contribution in [1.82, 2.24) is 0 Å². The van der Waals surface area contributed by atoms with Gasteiger partial charge in [0.25, 0.3) is 0 Å². The highest BCUT2D eigenvalue weighted by molar-refractivity contribution is 7.99. The quantitative estimate of drug-likeness (QED) is 0.235. The van der Waals surface area contributed by atoms with E-state index in [1.807, 2.05) is 0 Å². The zero-order valence-electron chi connectivity index (χ0n) is 13.9. The third-order valence-electron chi connectivity index (χ3n) is 4.63.